The van der Waals surface area contributed by atoms with Crippen molar-refractivity contribution < 1.29 is 15.0 Å². The van der Waals surface area contributed by atoms with Crippen LogP contribution in [0.15, 0.2) is 18.2 Å². The summed E-state index contributed by atoms with van der Waals surface area (Å²) in [6.45, 7) is 5.15. The van der Waals surface area contributed by atoms with Gasteiger partial charge in [0.2, 0.25) is 0 Å². The van der Waals surface area contributed by atoms with Crippen LogP contribution in [0.5, 0.6) is 5.75 Å². The Morgan fingerprint density at radius 1 is 1.44 bits per heavy atom. The molecule has 0 saturated heterocycles. The van der Waals surface area contributed by atoms with E-state index in [1.165, 1.54) is 6.07 Å². The molecule has 0 aromatic heterocycles. The minimum absolute atomic E-state index is 0.166. The number of aromatic hydroxyl groups is 1. The Hall–Kier alpha value is -1.55. The van der Waals surface area contributed by atoms with Crippen LogP contribution in [0, 0.1) is 6.92 Å². The minimum Gasteiger partial charge on any atom is -0.508 e. The van der Waals surface area contributed by atoms with Crippen molar-refractivity contribution in [3.63, 3.8) is 0 Å². The van der Waals surface area contributed by atoms with Gasteiger partial charge in [-0.25, -0.2) is 0 Å². The first-order valence-electron chi connectivity index (χ1n) is 5.10. The molecule has 0 saturated carbocycles. The van der Waals surface area contributed by atoms with Crippen LogP contribution in [-0.2, 0) is 0 Å². The maximum Gasteiger partial charge on any atom is 0.251 e. The molecule has 1 aromatic rings. The fraction of sp³-hybridized carbons (Fsp3) is 0.417. The van der Waals surface area contributed by atoms with Crippen molar-refractivity contribution in [3.8, 4) is 5.75 Å². The van der Waals surface area contributed by atoms with Crippen molar-refractivity contribution >= 4 is 5.91 Å². The molecular weight excluding hydrogens is 206 g/mol. The molecule has 0 heterocycles. The third-order valence-corrected chi connectivity index (χ3v) is 2.14. The fourth-order valence-corrected chi connectivity index (χ4v) is 1.20. The van der Waals surface area contributed by atoms with E-state index in [0.29, 0.717) is 11.1 Å². The van der Waals surface area contributed by atoms with E-state index >= 15 is 0 Å². The Kier molecular flexibility index (Phi) is 3.55. The lowest BCUT2D eigenvalue weighted by Gasteiger charge is -2.17. The van der Waals surface area contributed by atoms with Gasteiger partial charge < -0.3 is 15.5 Å². The summed E-state index contributed by atoms with van der Waals surface area (Å²) in [5.41, 5.74) is 0.192. The van der Waals surface area contributed by atoms with E-state index in [9.17, 15) is 15.0 Å². The lowest BCUT2D eigenvalue weighted by atomic mass is 10.1. The fourth-order valence-electron chi connectivity index (χ4n) is 1.20. The Morgan fingerprint density at radius 2 is 2.06 bits per heavy atom. The molecule has 0 atom stereocenters. The molecule has 1 rings (SSSR count). The standard InChI is InChI=1S/C12H17NO3/c1-8-6-9(4-5-10(8)14)11(15)13-7-12(2,3)16/h4-6,14,16H,7H2,1-3H3,(H,13,15). The zero-order valence-corrected chi connectivity index (χ0v) is 9.74. The van der Waals surface area contributed by atoms with Crippen LogP contribution in [0.4, 0.5) is 0 Å². The largest absolute Gasteiger partial charge is 0.508 e. The normalized spacial score (nSPS) is 11.2. The van der Waals surface area contributed by atoms with Crippen LogP contribution in [0.1, 0.15) is 29.8 Å². The van der Waals surface area contributed by atoms with Gasteiger partial charge in [-0.3, -0.25) is 4.79 Å². The number of carbonyl (C=O) groups is 1. The van der Waals surface area contributed by atoms with Crippen molar-refractivity contribution in [1.82, 2.24) is 5.32 Å². The van der Waals surface area contributed by atoms with Crippen LogP contribution in [-0.4, -0.2) is 28.3 Å². The first-order chi connectivity index (χ1) is 7.29. The first-order valence-corrected chi connectivity index (χ1v) is 5.10. The quantitative estimate of drug-likeness (QED) is 0.721. The molecule has 1 amide bonds. The highest BCUT2D eigenvalue weighted by Crippen LogP contribution is 2.16. The van der Waals surface area contributed by atoms with Gasteiger partial charge in [0.15, 0.2) is 0 Å². The average molecular weight is 223 g/mol. The summed E-state index contributed by atoms with van der Waals surface area (Å²) in [4.78, 5) is 11.7. The van der Waals surface area contributed by atoms with Crippen molar-refractivity contribution in [2.45, 2.75) is 26.4 Å². The molecule has 1 aromatic carbocycles. The number of aliphatic hydroxyl groups is 1. The molecule has 16 heavy (non-hydrogen) atoms. The van der Waals surface area contributed by atoms with E-state index in [1.54, 1.807) is 32.9 Å². The highest BCUT2D eigenvalue weighted by Gasteiger charge is 2.15. The van der Waals surface area contributed by atoms with Crippen LogP contribution < -0.4 is 5.32 Å². The molecule has 0 aliphatic carbocycles. The van der Waals surface area contributed by atoms with Crippen LogP contribution in [0.3, 0.4) is 0 Å². The third kappa shape index (κ3) is 3.55. The van der Waals surface area contributed by atoms with Gasteiger partial charge in [-0.15, -0.1) is 0 Å². The van der Waals surface area contributed by atoms with E-state index < -0.39 is 5.60 Å². The number of benzene rings is 1. The number of phenols is 1. The number of nitrogens with one attached hydrogen (secondary N) is 1. The second-order valence-corrected chi connectivity index (χ2v) is 4.50. The molecule has 3 N–H and O–H groups in total. The van der Waals surface area contributed by atoms with Crippen molar-refractivity contribution in [1.29, 1.82) is 0 Å². The number of hydrogen-bond acceptors (Lipinski definition) is 3. The molecule has 4 nitrogen and oxygen atoms in total. The summed E-state index contributed by atoms with van der Waals surface area (Å²) in [5.74, 6) is -0.0933. The van der Waals surface area contributed by atoms with Gasteiger partial charge in [-0.1, -0.05) is 0 Å². The van der Waals surface area contributed by atoms with E-state index in [1.807, 2.05) is 0 Å². The second kappa shape index (κ2) is 4.53. The average Bonchev–Trinajstić information content (AvgIpc) is 2.17. The molecule has 0 aliphatic rings. The SMILES string of the molecule is Cc1cc(C(=O)NCC(C)(C)O)ccc1O. The predicted octanol–water partition coefficient (Wildman–Crippen LogP) is 1.20. The Balaban J connectivity index is 2.70. The predicted molar refractivity (Wildman–Crippen MR) is 61.5 cm³/mol. The molecule has 0 spiro atoms. The van der Waals surface area contributed by atoms with E-state index in [0.717, 1.165) is 0 Å². The Morgan fingerprint density at radius 3 is 2.56 bits per heavy atom. The number of hydrogen-bond donors (Lipinski definition) is 3. The maximum absolute atomic E-state index is 11.7. The van der Waals surface area contributed by atoms with Crippen LogP contribution in [0.2, 0.25) is 0 Å². The smallest absolute Gasteiger partial charge is 0.251 e. The Labute approximate surface area is 94.9 Å². The molecule has 0 fully saturated rings. The van der Waals surface area contributed by atoms with Gasteiger partial charge in [0.1, 0.15) is 5.75 Å². The number of aryl methyl sites for hydroxylation is 1. The van der Waals surface area contributed by atoms with Crippen molar-refractivity contribution in [2.24, 2.45) is 0 Å². The zero-order valence-electron chi connectivity index (χ0n) is 9.74. The molecule has 4 heteroatoms. The van der Waals surface area contributed by atoms with Crippen molar-refractivity contribution in [3.05, 3.63) is 29.3 Å². The molecule has 0 bridgehead atoms. The summed E-state index contributed by atoms with van der Waals surface area (Å²) in [5, 5.41) is 21.4. The summed E-state index contributed by atoms with van der Waals surface area (Å²) in [6.07, 6.45) is 0. The van der Waals surface area contributed by atoms with Gasteiger partial charge in [0.05, 0.1) is 5.60 Å². The van der Waals surface area contributed by atoms with E-state index in [2.05, 4.69) is 5.32 Å². The van der Waals surface area contributed by atoms with Gasteiger partial charge in [0.25, 0.3) is 5.91 Å². The number of amides is 1. The van der Waals surface area contributed by atoms with Gasteiger partial charge in [-0.2, -0.15) is 0 Å². The zero-order chi connectivity index (χ0) is 12.3. The first kappa shape index (κ1) is 12.5. The number of rotatable bonds is 3. The van der Waals surface area contributed by atoms with E-state index in [4.69, 9.17) is 0 Å². The van der Waals surface area contributed by atoms with Crippen LogP contribution in [0.25, 0.3) is 0 Å². The highest BCUT2D eigenvalue weighted by molar-refractivity contribution is 5.94. The molecule has 88 valence electrons. The minimum atomic E-state index is -0.929. The molecule has 0 unspecified atom stereocenters. The lowest BCUT2D eigenvalue weighted by molar-refractivity contribution is 0.0694. The van der Waals surface area contributed by atoms with Crippen LogP contribution >= 0.6 is 0 Å². The summed E-state index contributed by atoms with van der Waals surface area (Å²) >= 11 is 0. The molecule has 0 aliphatic heterocycles. The Bertz CT molecular complexity index is 394. The van der Waals surface area contributed by atoms with Crippen molar-refractivity contribution in [2.75, 3.05) is 6.54 Å². The maximum atomic E-state index is 11.7. The molecule has 0 radical (unpaired) electrons. The monoisotopic (exact) mass is 223 g/mol. The topological polar surface area (TPSA) is 69.6 Å². The summed E-state index contributed by atoms with van der Waals surface area (Å²) < 4.78 is 0. The van der Waals surface area contributed by atoms with Gasteiger partial charge >= 0.3 is 0 Å². The van der Waals surface area contributed by atoms with E-state index in [-0.39, 0.29) is 18.2 Å². The highest BCUT2D eigenvalue weighted by atomic mass is 16.3. The lowest BCUT2D eigenvalue weighted by Crippen LogP contribution is -2.38. The molecular formula is C12H17NO3. The number of phenolic OH excluding ortho intramolecular Hbond substituents is 1. The summed E-state index contributed by atoms with van der Waals surface area (Å²) in [6, 6.07) is 4.63. The second-order valence-electron chi connectivity index (χ2n) is 4.50. The number of carbonyl (C=O) groups excluding carboxylic acids is 1. The summed E-state index contributed by atoms with van der Waals surface area (Å²) in [7, 11) is 0. The van der Waals surface area contributed by atoms with Gasteiger partial charge in [-0.05, 0) is 44.5 Å². The van der Waals surface area contributed by atoms with Gasteiger partial charge in [0, 0.05) is 12.1 Å². The third-order valence-electron chi connectivity index (χ3n) is 2.14.